The predicted octanol–water partition coefficient (Wildman–Crippen LogP) is 0.930. The summed E-state index contributed by atoms with van der Waals surface area (Å²) >= 11 is 0. The summed E-state index contributed by atoms with van der Waals surface area (Å²) in [4.78, 5) is 23.9. The van der Waals surface area contributed by atoms with Crippen LogP contribution in [0.15, 0.2) is 24.3 Å². The number of hydrogen-bond acceptors (Lipinski definition) is 5. The second-order valence-electron chi connectivity index (χ2n) is 6.05. The number of amides is 1. The summed E-state index contributed by atoms with van der Waals surface area (Å²) in [5, 5.41) is 2.77. The number of rotatable bonds is 5. The molecule has 1 atom stereocenters. The first-order valence-corrected chi connectivity index (χ1v) is 9.32. The molecule has 1 aromatic rings. The van der Waals surface area contributed by atoms with Gasteiger partial charge in [0.2, 0.25) is 5.91 Å². The summed E-state index contributed by atoms with van der Waals surface area (Å²) in [6.45, 7) is 0.574. The van der Waals surface area contributed by atoms with Gasteiger partial charge >= 0.3 is 5.97 Å². The number of benzene rings is 1. The number of carbonyl (C=O) groups is 2. The Morgan fingerprint density at radius 2 is 1.88 bits per heavy atom. The van der Waals surface area contributed by atoms with E-state index < -0.39 is 22.1 Å². The number of anilines is 1. The molecule has 1 aromatic carbocycles. The lowest BCUT2D eigenvalue weighted by atomic mass is 9.98. The van der Waals surface area contributed by atoms with Gasteiger partial charge in [-0.05, 0) is 37.1 Å². The largest absolute Gasteiger partial charge is 0.465 e. The Morgan fingerprint density at radius 1 is 1.24 bits per heavy atom. The van der Waals surface area contributed by atoms with Crippen LogP contribution < -0.4 is 5.32 Å². The zero-order valence-corrected chi connectivity index (χ0v) is 15.4. The molecule has 1 aliphatic rings. The quantitative estimate of drug-likeness (QED) is 0.779. The van der Waals surface area contributed by atoms with E-state index in [9.17, 15) is 18.0 Å². The Balaban J connectivity index is 2.02. The van der Waals surface area contributed by atoms with E-state index in [0.717, 1.165) is 4.31 Å². The first-order chi connectivity index (χ1) is 11.8. The van der Waals surface area contributed by atoms with Crippen molar-refractivity contribution in [1.29, 1.82) is 0 Å². The van der Waals surface area contributed by atoms with Gasteiger partial charge < -0.3 is 10.1 Å². The van der Waals surface area contributed by atoms with E-state index in [-0.39, 0.29) is 12.5 Å². The van der Waals surface area contributed by atoms with E-state index in [4.69, 9.17) is 0 Å². The van der Waals surface area contributed by atoms with Crippen LogP contribution >= 0.6 is 0 Å². The van der Waals surface area contributed by atoms with Crippen molar-refractivity contribution in [3.8, 4) is 0 Å². The molecule has 138 valence electrons. The van der Waals surface area contributed by atoms with E-state index in [1.807, 2.05) is 0 Å². The van der Waals surface area contributed by atoms with Gasteiger partial charge in [-0.25, -0.2) is 4.79 Å². The molecule has 0 aromatic heterocycles. The fourth-order valence-corrected chi connectivity index (χ4v) is 3.84. The number of hydrogen-bond donors (Lipinski definition) is 1. The molecule has 25 heavy (non-hydrogen) atoms. The second kappa shape index (κ2) is 7.94. The van der Waals surface area contributed by atoms with Gasteiger partial charge in [0.05, 0.1) is 18.6 Å². The van der Waals surface area contributed by atoms with Crippen LogP contribution in [0.1, 0.15) is 23.2 Å². The number of nitrogens with one attached hydrogen (secondary N) is 1. The topological polar surface area (TPSA) is 96.0 Å². The van der Waals surface area contributed by atoms with E-state index in [1.54, 1.807) is 24.3 Å². The highest BCUT2D eigenvalue weighted by molar-refractivity contribution is 7.86. The Labute approximate surface area is 147 Å². The van der Waals surface area contributed by atoms with Gasteiger partial charge in [0, 0.05) is 32.9 Å². The van der Waals surface area contributed by atoms with Gasteiger partial charge in [-0.3, -0.25) is 4.79 Å². The van der Waals surface area contributed by atoms with Crippen LogP contribution in [-0.4, -0.2) is 63.2 Å². The molecule has 1 N–H and O–H groups in total. The molecule has 1 fully saturated rings. The van der Waals surface area contributed by atoms with Gasteiger partial charge in [-0.15, -0.1) is 0 Å². The smallest absolute Gasteiger partial charge is 0.337 e. The number of piperidine rings is 1. The zero-order chi connectivity index (χ0) is 18.6. The first-order valence-electron chi connectivity index (χ1n) is 7.92. The molecule has 8 nitrogen and oxygen atoms in total. The number of carbonyl (C=O) groups excluding carboxylic acids is 2. The number of esters is 1. The van der Waals surface area contributed by atoms with Gasteiger partial charge in [-0.2, -0.15) is 17.0 Å². The average molecular weight is 369 g/mol. The monoisotopic (exact) mass is 369 g/mol. The number of nitrogens with zero attached hydrogens (tertiary/aromatic N) is 2. The van der Waals surface area contributed by atoms with Crippen molar-refractivity contribution in [1.82, 2.24) is 8.61 Å². The number of methoxy groups -OCH3 is 1. The minimum Gasteiger partial charge on any atom is -0.465 e. The van der Waals surface area contributed by atoms with Crippen LogP contribution in [0.2, 0.25) is 0 Å². The van der Waals surface area contributed by atoms with Gasteiger partial charge in [0.15, 0.2) is 0 Å². The van der Waals surface area contributed by atoms with Crippen LogP contribution in [0.4, 0.5) is 5.69 Å². The second-order valence-corrected chi connectivity index (χ2v) is 8.19. The zero-order valence-electron chi connectivity index (χ0n) is 14.6. The average Bonchev–Trinajstić information content (AvgIpc) is 2.61. The van der Waals surface area contributed by atoms with E-state index in [2.05, 4.69) is 10.1 Å². The summed E-state index contributed by atoms with van der Waals surface area (Å²) < 4.78 is 31.5. The van der Waals surface area contributed by atoms with Crippen molar-refractivity contribution < 1.29 is 22.7 Å². The maximum atomic E-state index is 12.4. The number of ether oxygens (including phenoxy) is 1. The normalized spacial score (nSPS) is 18.8. The van der Waals surface area contributed by atoms with Gasteiger partial charge in [-0.1, -0.05) is 0 Å². The van der Waals surface area contributed by atoms with Crippen molar-refractivity contribution >= 4 is 27.8 Å². The highest BCUT2D eigenvalue weighted by atomic mass is 32.2. The van der Waals surface area contributed by atoms with Crippen molar-refractivity contribution in [2.75, 3.05) is 39.6 Å². The predicted molar refractivity (Wildman–Crippen MR) is 93.3 cm³/mol. The van der Waals surface area contributed by atoms with E-state index >= 15 is 0 Å². The lowest BCUT2D eigenvalue weighted by molar-refractivity contribution is -0.120. The van der Waals surface area contributed by atoms with Crippen molar-refractivity contribution in [3.05, 3.63) is 29.8 Å². The van der Waals surface area contributed by atoms with E-state index in [1.165, 1.54) is 25.5 Å². The highest BCUT2D eigenvalue weighted by Gasteiger charge is 2.33. The maximum absolute atomic E-state index is 12.4. The molecule has 1 heterocycles. The lowest BCUT2D eigenvalue weighted by Gasteiger charge is -2.32. The third-order valence-electron chi connectivity index (χ3n) is 4.12. The molecular formula is C16H23N3O5S. The Morgan fingerprint density at radius 3 is 2.44 bits per heavy atom. The molecule has 0 radical (unpaired) electrons. The first kappa shape index (κ1) is 19.4. The summed E-state index contributed by atoms with van der Waals surface area (Å²) in [5.41, 5.74) is 0.937. The Hall–Kier alpha value is -1.97. The standard InChI is InChI=1S/C16H23N3O5S/c1-18(2)25(22,23)19-10-4-5-13(11-19)15(20)17-14-8-6-12(7-9-14)16(21)24-3/h6-9,13H,4-5,10-11H2,1-3H3,(H,17,20)/t13-/m0/s1. The van der Waals surface area contributed by atoms with Crippen molar-refractivity contribution in [2.24, 2.45) is 5.92 Å². The van der Waals surface area contributed by atoms with Crippen LogP contribution in [0.25, 0.3) is 0 Å². The lowest BCUT2D eigenvalue weighted by Crippen LogP contribution is -2.47. The van der Waals surface area contributed by atoms with E-state index in [0.29, 0.717) is 30.6 Å². The Bertz CT molecular complexity index is 731. The summed E-state index contributed by atoms with van der Waals surface area (Å²) in [6, 6.07) is 6.35. The third-order valence-corrected chi connectivity index (χ3v) is 6.02. The minimum atomic E-state index is -3.52. The highest BCUT2D eigenvalue weighted by Crippen LogP contribution is 2.22. The van der Waals surface area contributed by atoms with Crippen molar-refractivity contribution in [2.45, 2.75) is 12.8 Å². The summed E-state index contributed by atoms with van der Waals surface area (Å²) in [6.07, 6.45) is 1.26. The molecule has 0 bridgehead atoms. The van der Waals surface area contributed by atoms with Gasteiger partial charge in [0.25, 0.3) is 10.2 Å². The van der Waals surface area contributed by atoms with Crippen LogP contribution in [0, 0.1) is 5.92 Å². The maximum Gasteiger partial charge on any atom is 0.337 e. The fourth-order valence-electron chi connectivity index (χ4n) is 2.65. The minimum absolute atomic E-state index is 0.159. The molecule has 0 spiro atoms. The summed E-state index contributed by atoms with van der Waals surface area (Å²) in [7, 11) is 0.726. The van der Waals surface area contributed by atoms with Crippen molar-refractivity contribution in [3.63, 3.8) is 0 Å². The molecule has 1 aliphatic heterocycles. The van der Waals surface area contributed by atoms with Crippen LogP contribution in [0.3, 0.4) is 0 Å². The molecule has 0 unspecified atom stereocenters. The Kier molecular flexibility index (Phi) is 6.15. The van der Waals surface area contributed by atoms with Crippen LogP contribution in [0.5, 0.6) is 0 Å². The third kappa shape index (κ3) is 4.56. The fraction of sp³-hybridized carbons (Fsp3) is 0.500. The molecule has 1 amide bonds. The summed E-state index contributed by atoms with van der Waals surface area (Å²) in [5.74, 6) is -1.09. The molecule has 2 rings (SSSR count). The molecule has 0 aliphatic carbocycles. The molecular weight excluding hydrogens is 346 g/mol. The molecule has 9 heteroatoms. The molecule has 1 saturated heterocycles. The van der Waals surface area contributed by atoms with Gasteiger partial charge in [0.1, 0.15) is 0 Å². The molecule has 0 saturated carbocycles. The SMILES string of the molecule is COC(=O)c1ccc(NC(=O)[C@H]2CCCN(S(=O)(=O)N(C)C)C2)cc1. The van der Waals surface area contributed by atoms with Crippen LogP contribution in [-0.2, 0) is 19.7 Å².